The van der Waals surface area contributed by atoms with E-state index in [0.29, 0.717) is 49.2 Å². The first-order valence-corrected chi connectivity index (χ1v) is 9.01. The van der Waals surface area contributed by atoms with Crippen molar-refractivity contribution in [3.8, 4) is 0 Å². The molecule has 2 fully saturated rings. The van der Waals surface area contributed by atoms with E-state index in [-0.39, 0.29) is 30.1 Å². The van der Waals surface area contributed by atoms with Gasteiger partial charge in [0.1, 0.15) is 0 Å². The van der Waals surface area contributed by atoms with Crippen molar-refractivity contribution in [2.24, 2.45) is 17.6 Å². The number of nitrogens with zero attached hydrogens (tertiary/aromatic N) is 2. The summed E-state index contributed by atoms with van der Waals surface area (Å²) >= 11 is 5.86. The molecule has 2 amide bonds. The van der Waals surface area contributed by atoms with Crippen molar-refractivity contribution in [3.05, 3.63) is 34.9 Å². The zero-order chi connectivity index (χ0) is 17.1. The number of halogens is 2. The summed E-state index contributed by atoms with van der Waals surface area (Å²) < 4.78 is 0. The Hall–Kier alpha value is -1.30. The van der Waals surface area contributed by atoms with E-state index in [4.69, 9.17) is 17.3 Å². The van der Waals surface area contributed by atoms with E-state index >= 15 is 0 Å². The van der Waals surface area contributed by atoms with Gasteiger partial charge in [0.15, 0.2) is 0 Å². The van der Waals surface area contributed by atoms with Gasteiger partial charge in [-0.1, -0.05) is 18.0 Å². The van der Waals surface area contributed by atoms with Crippen LogP contribution >= 0.6 is 24.0 Å². The average molecular weight is 386 g/mol. The lowest BCUT2D eigenvalue weighted by Gasteiger charge is -2.36. The number of nitrogens with two attached hydrogens (primary N) is 1. The van der Waals surface area contributed by atoms with Crippen molar-refractivity contribution < 1.29 is 9.59 Å². The second kappa shape index (κ2) is 8.88. The third-order valence-electron chi connectivity index (χ3n) is 5.25. The second-order valence-electron chi connectivity index (χ2n) is 6.66. The van der Waals surface area contributed by atoms with Crippen molar-refractivity contribution >= 4 is 35.8 Å². The minimum Gasteiger partial charge on any atom is -0.339 e. The number of benzene rings is 1. The zero-order valence-corrected chi connectivity index (χ0v) is 15.8. The van der Waals surface area contributed by atoms with Gasteiger partial charge >= 0.3 is 0 Å². The molecule has 7 heteroatoms. The molecule has 0 aromatic heterocycles. The molecule has 1 saturated carbocycles. The molecule has 1 aliphatic heterocycles. The number of piperazine rings is 1. The Kier molecular flexibility index (Phi) is 7.11. The Morgan fingerprint density at radius 2 is 1.64 bits per heavy atom. The molecule has 0 unspecified atom stereocenters. The van der Waals surface area contributed by atoms with Gasteiger partial charge in [-0.25, -0.2) is 0 Å². The van der Waals surface area contributed by atoms with Gasteiger partial charge in [-0.2, -0.15) is 0 Å². The Morgan fingerprint density at radius 1 is 1.04 bits per heavy atom. The van der Waals surface area contributed by atoms with Crippen LogP contribution in [0.1, 0.15) is 29.6 Å². The molecule has 1 saturated heterocycles. The van der Waals surface area contributed by atoms with E-state index in [1.165, 1.54) is 0 Å². The number of hydrogen-bond acceptors (Lipinski definition) is 3. The molecule has 138 valence electrons. The lowest BCUT2D eigenvalue weighted by molar-refractivity contribution is -0.138. The maximum Gasteiger partial charge on any atom is 0.253 e. The molecule has 1 aliphatic carbocycles. The number of carbonyl (C=O) groups is 2. The molecule has 0 spiro atoms. The first kappa shape index (κ1) is 20.0. The Bertz CT molecular complexity index is 601. The van der Waals surface area contributed by atoms with Gasteiger partial charge in [0.05, 0.1) is 0 Å². The second-order valence-corrected chi connectivity index (χ2v) is 7.09. The van der Waals surface area contributed by atoms with Crippen molar-refractivity contribution in [2.45, 2.75) is 19.3 Å². The highest BCUT2D eigenvalue weighted by atomic mass is 35.5. The van der Waals surface area contributed by atoms with Crippen molar-refractivity contribution in [3.63, 3.8) is 0 Å². The summed E-state index contributed by atoms with van der Waals surface area (Å²) in [6.45, 7) is 2.95. The molecule has 0 bridgehead atoms. The van der Waals surface area contributed by atoms with Crippen LogP contribution in [0.4, 0.5) is 0 Å². The maximum absolute atomic E-state index is 12.7. The van der Waals surface area contributed by atoms with Gasteiger partial charge in [-0.05, 0) is 49.6 Å². The van der Waals surface area contributed by atoms with E-state index in [1.54, 1.807) is 24.3 Å². The topological polar surface area (TPSA) is 66.6 Å². The van der Waals surface area contributed by atoms with Crippen LogP contribution in [0.15, 0.2) is 24.3 Å². The molecule has 1 aromatic carbocycles. The number of rotatable bonds is 3. The van der Waals surface area contributed by atoms with Gasteiger partial charge in [-0.15, -0.1) is 12.4 Å². The third kappa shape index (κ3) is 4.46. The predicted molar refractivity (Wildman–Crippen MR) is 101 cm³/mol. The summed E-state index contributed by atoms with van der Waals surface area (Å²) in [5, 5.41) is 0.619. The van der Waals surface area contributed by atoms with Crippen LogP contribution in [0, 0.1) is 11.8 Å². The molecule has 1 heterocycles. The fourth-order valence-corrected chi connectivity index (χ4v) is 3.91. The first-order valence-electron chi connectivity index (χ1n) is 8.64. The van der Waals surface area contributed by atoms with Crippen LogP contribution in [0.2, 0.25) is 5.02 Å². The van der Waals surface area contributed by atoms with Gasteiger partial charge in [0.25, 0.3) is 5.91 Å². The maximum atomic E-state index is 12.7. The highest BCUT2D eigenvalue weighted by Crippen LogP contribution is 2.32. The molecule has 25 heavy (non-hydrogen) atoms. The largest absolute Gasteiger partial charge is 0.339 e. The van der Waals surface area contributed by atoms with Crippen LogP contribution in [0.25, 0.3) is 0 Å². The number of amides is 2. The molecule has 2 atom stereocenters. The lowest BCUT2D eigenvalue weighted by Crippen LogP contribution is -2.52. The minimum absolute atomic E-state index is 0. The van der Waals surface area contributed by atoms with Crippen molar-refractivity contribution in [2.75, 3.05) is 32.7 Å². The molecule has 3 rings (SSSR count). The van der Waals surface area contributed by atoms with Gasteiger partial charge in [0, 0.05) is 42.7 Å². The fourth-order valence-electron chi connectivity index (χ4n) is 3.78. The third-order valence-corrected chi connectivity index (χ3v) is 5.50. The highest BCUT2D eigenvalue weighted by molar-refractivity contribution is 6.30. The molecule has 5 nitrogen and oxygen atoms in total. The quantitative estimate of drug-likeness (QED) is 0.868. The molecule has 2 N–H and O–H groups in total. The van der Waals surface area contributed by atoms with Crippen LogP contribution in [0.3, 0.4) is 0 Å². The normalized spacial score (nSPS) is 23.3. The molecular weight excluding hydrogens is 361 g/mol. The van der Waals surface area contributed by atoms with Crippen LogP contribution < -0.4 is 5.73 Å². The van der Waals surface area contributed by atoms with Crippen LogP contribution in [0.5, 0.6) is 0 Å². The summed E-state index contributed by atoms with van der Waals surface area (Å²) in [5.74, 6) is 0.626. The van der Waals surface area contributed by atoms with Crippen molar-refractivity contribution in [1.82, 2.24) is 9.80 Å². The standard InChI is InChI=1S/C18H24ClN3O2.ClH/c19-15-6-4-13(5-7-15)17(23)21-8-10-22(11-9-21)18(24)16-3-1-2-14(16)12-20;/h4-7,14,16H,1-3,8-12,20H2;1H/t14-,16-;/m1./s1. The fraction of sp³-hybridized carbons (Fsp3) is 0.556. The van der Waals surface area contributed by atoms with E-state index in [9.17, 15) is 9.59 Å². The SMILES string of the molecule is Cl.NC[C@H]1CCC[C@H]1C(=O)N1CCN(C(=O)c2ccc(Cl)cc2)CC1. The summed E-state index contributed by atoms with van der Waals surface area (Å²) in [5.41, 5.74) is 6.43. The van der Waals surface area contributed by atoms with E-state index < -0.39 is 0 Å². The predicted octanol–water partition coefficient (Wildman–Crippen LogP) is 2.42. The van der Waals surface area contributed by atoms with E-state index in [0.717, 1.165) is 19.3 Å². The summed E-state index contributed by atoms with van der Waals surface area (Å²) in [7, 11) is 0. The van der Waals surface area contributed by atoms with Crippen LogP contribution in [-0.4, -0.2) is 54.3 Å². The monoisotopic (exact) mass is 385 g/mol. The molecule has 1 aromatic rings. The number of hydrogen-bond donors (Lipinski definition) is 1. The zero-order valence-electron chi connectivity index (χ0n) is 14.2. The molecule has 0 radical (unpaired) electrons. The number of carbonyl (C=O) groups excluding carboxylic acids is 2. The van der Waals surface area contributed by atoms with Gasteiger partial charge in [0.2, 0.25) is 5.91 Å². The van der Waals surface area contributed by atoms with Crippen molar-refractivity contribution in [1.29, 1.82) is 0 Å². The Balaban J connectivity index is 0.00000225. The van der Waals surface area contributed by atoms with Gasteiger partial charge < -0.3 is 15.5 Å². The summed E-state index contributed by atoms with van der Waals surface area (Å²) in [6, 6.07) is 6.93. The highest BCUT2D eigenvalue weighted by Gasteiger charge is 2.36. The Labute approximate surface area is 159 Å². The minimum atomic E-state index is -0.000494. The van der Waals surface area contributed by atoms with E-state index in [1.807, 2.05) is 9.80 Å². The molecular formula is C18H25Cl2N3O2. The van der Waals surface area contributed by atoms with E-state index in [2.05, 4.69) is 0 Å². The van der Waals surface area contributed by atoms with Crippen LogP contribution in [-0.2, 0) is 4.79 Å². The smallest absolute Gasteiger partial charge is 0.253 e. The first-order chi connectivity index (χ1) is 11.6. The average Bonchev–Trinajstić information content (AvgIpc) is 3.10. The van der Waals surface area contributed by atoms with Gasteiger partial charge in [-0.3, -0.25) is 9.59 Å². The summed E-state index contributed by atoms with van der Waals surface area (Å²) in [4.78, 5) is 28.9. The Morgan fingerprint density at radius 3 is 2.24 bits per heavy atom. The molecule has 2 aliphatic rings. The lowest BCUT2D eigenvalue weighted by atomic mass is 9.94. The summed E-state index contributed by atoms with van der Waals surface area (Å²) in [6.07, 6.45) is 3.10.